The molecular formula is C14H11N3O2. The Morgan fingerprint density at radius 1 is 1.26 bits per heavy atom. The van der Waals surface area contributed by atoms with E-state index in [0.29, 0.717) is 5.56 Å². The number of benzene rings is 1. The number of hydrogen-bond acceptors (Lipinski definition) is 4. The van der Waals surface area contributed by atoms with Gasteiger partial charge in [0.1, 0.15) is 5.69 Å². The molecular weight excluding hydrogens is 242 g/mol. The number of methoxy groups -OCH3 is 1. The van der Waals surface area contributed by atoms with Crippen molar-refractivity contribution in [2.75, 3.05) is 7.11 Å². The summed E-state index contributed by atoms with van der Waals surface area (Å²) in [5.41, 5.74) is 2.83. The lowest BCUT2D eigenvalue weighted by atomic mass is 10.1. The molecule has 94 valence electrons. The van der Waals surface area contributed by atoms with E-state index in [-0.39, 0.29) is 5.97 Å². The van der Waals surface area contributed by atoms with Crippen molar-refractivity contribution in [3.63, 3.8) is 0 Å². The van der Waals surface area contributed by atoms with E-state index in [2.05, 4.69) is 15.2 Å². The summed E-state index contributed by atoms with van der Waals surface area (Å²) in [5.74, 6) is -0.366. The van der Waals surface area contributed by atoms with Crippen LogP contribution in [0, 0.1) is 0 Å². The van der Waals surface area contributed by atoms with E-state index in [1.807, 2.05) is 18.2 Å². The van der Waals surface area contributed by atoms with Gasteiger partial charge in [0.15, 0.2) is 0 Å². The second-order valence-corrected chi connectivity index (χ2v) is 4.04. The molecule has 0 saturated heterocycles. The number of aromatic amines is 1. The highest BCUT2D eigenvalue weighted by atomic mass is 16.5. The van der Waals surface area contributed by atoms with Crippen molar-refractivity contribution in [2.24, 2.45) is 0 Å². The molecule has 0 atom stereocenters. The number of fused-ring (bicyclic) bond motifs is 1. The lowest BCUT2D eigenvalue weighted by Gasteiger charge is -2.00. The molecule has 0 bridgehead atoms. The largest absolute Gasteiger partial charge is 0.465 e. The minimum absolute atomic E-state index is 0.366. The van der Waals surface area contributed by atoms with E-state index in [0.717, 1.165) is 22.3 Å². The molecule has 3 rings (SSSR count). The Hall–Kier alpha value is -2.69. The number of rotatable bonds is 2. The van der Waals surface area contributed by atoms with Gasteiger partial charge in [-0.3, -0.25) is 10.1 Å². The highest BCUT2D eigenvalue weighted by Crippen LogP contribution is 2.25. The molecule has 0 aliphatic carbocycles. The van der Waals surface area contributed by atoms with Gasteiger partial charge >= 0.3 is 5.97 Å². The van der Waals surface area contributed by atoms with Crippen LogP contribution in [-0.2, 0) is 4.74 Å². The zero-order chi connectivity index (χ0) is 13.2. The second kappa shape index (κ2) is 4.53. The molecule has 0 unspecified atom stereocenters. The summed E-state index contributed by atoms with van der Waals surface area (Å²) in [6.07, 6.45) is 1.71. The number of pyridine rings is 1. The smallest absolute Gasteiger partial charge is 0.337 e. The number of hydrogen-bond donors (Lipinski definition) is 1. The number of nitrogens with one attached hydrogen (secondary N) is 1. The highest BCUT2D eigenvalue weighted by Gasteiger charge is 2.12. The summed E-state index contributed by atoms with van der Waals surface area (Å²) in [7, 11) is 1.36. The van der Waals surface area contributed by atoms with Crippen LogP contribution in [0.3, 0.4) is 0 Å². The minimum atomic E-state index is -0.366. The third-order valence-corrected chi connectivity index (χ3v) is 2.89. The minimum Gasteiger partial charge on any atom is -0.465 e. The van der Waals surface area contributed by atoms with Crippen LogP contribution >= 0.6 is 0 Å². The molecule has 0 saturated carbocycles. The van der Waals surface area contributed by atoms with Gasteiger partial charge in [0.2, 0.25) is 0 Å². The Balaban J connectivity index is 2.19. The summed E-state index contributed by atoms with van der Waals surface area (Å²) >= 11 is 0. The van der Waals surface area contributed by atoms with Crippen molar-refractivity contribution in [1.82, 2.24) is 15.2 Å². The Labute approximate surface area is 109 Å². The first-order valence-electron chi connectivity index (χ1n) is 5.77. The summed E-state index contributed by atoms with van der Waals surface area (Å²) in [4.78, 5) is 15.8. The molecule has 5 heteroatoms. The number of nitrogens with zero attached hydrogens (tertiary/aromatic N) is 2. The molecule has 0 fully saturated rings. The molecule has 5 nitrogen and oxygen atoms in total. The van der Waals surface area contributed by atoms with Crippen molar-refractivity contribution in [3.8, 4) is 11.4 Å². The topological polar surface area (TPSA) is 67.9 Å². The predicted octanol–water partition coefficient (Wildman–Crippen LogP) is 2.41. The van der Waals surface area contributed by atoms with Crippen LogP contribution in [0.2, 0.25) is 0 Å². The quantitative estimate of drug-likeness (QED) is 0.712. The summed E-state index contributed by atoms with van der Waals surface area (Å²) in [6.45, 7) is 0. The number of ether oxygens (including phenoxy) is 1. The molecule has 2 aromatic heterocycles. The maximum atomic E-state index is 11.6. The average molecular weight is 253 g/mol. The first kappa shape index (κ1) is 11.4. The molecule has 0 spiro atoms. The average Bonchev–Trinajstić information content (AvgIpc) is 2.90. The van der Waals surface area contributed by atoms with Crippen molar-refractivity contribution >= 4 is 16.9 Å². The zero-order valence-electron chi connectivity index (χ0n) is 10.3. The molecule has 19 heavy (non-hydrogen) atoms. The molecule has 0 aliphatic rings. The molecule has 3 aromatic rings. The number of H-pyrrole nitrogens is 1. The molecule has 0 aliphatic heterocycles. The Morgan fingerprint density at radius 2 is 2.16 bits per heavy atom. The van der Waals surface area contributed by atoms with Crippen LogP contribution in [0.4, 0.5) is 0 Å². The third kappa shape index (κ3) is 1.95. The fourth-order valence-electron chi connectivity index (χ4n) is 1.96. The zero-order valence-corrected chi connectivity index (χ0v) is 10.3. The Bertz CT molecular complexity index is 735. The van der Waals surface area contributed by atoms with Crippen molar-refractivity contribution in [1.29, 1.82) is 0 Å². The van der Waals surface area contributed by atoms with Crippen LogP contribution < -0.4 is 0 Å². The summed E-state index contributed by atoms with van der Waals surface area (Å²) < 4.78 is 4.72. The van der Waals surface area contributed by atoms with Gasteiger partial charge in [0, 0.05) is 11.6 Å². The molecule has 2 heterocycles. The van der Waals surface area contributed by atoms with Gasteiger partial charge in [-0.15, -0.1) is 0 Å². The van der Waals surface area contributed by atoms with Crippen LogP contribution in [0.25, 0.3) is 22.3 Å². The SMILES string of the molecule is COC(=O)c1ccc2[nH]nc(-c3ccccn3)c2c1. The summed E-state index contributed by atoms with van der Waals surface area (Å²) in [5, 5.41) is 8.03. The maximum Gasteiger partial charge on any atom is 0.337 e. The van der Waals surface area contributed by atoms with Gasteiger partial charge in [0.05, 0.1) is 23.9 Å². The van der Waals surface area contributed by atoms with E-state index >= 15 is 0 Å². The van der Waals surface area contributed by atoms with E-state index in [4.69, 9.17) is 4.74 Å². The molecule has 0 radical (unpaired) electrons. The van der Waals surface area contributed by atoms with Gasteiger partial charge in [-0.25, -0.2) is 4.79 Å². The number of aromatic nitrogens is 3. The third-order valence-electron chi connectivity index (χ3n) is 2.89. The van der Waals surface area contributed by atoms with Gasteiger partial charge in [-0.05, 0) is 30.3 Å². The predicted molar refractivity (Wildman–Crippen MR) is 70.7 cm³/mol. The Morgan fingerprint density at radius 3 is 2.89 bits per heavy atom. The van der Waals surface area contributed by atoms with Gasteiger partial charge < -0.3 is 4.74 Å². The van der Waals surface area contributed by atoms with Gasteiger partial charge in [0.25, 0.3) is 0 Å². The number of esters is 1. The van der Waals surface area contributed by atoms with Gasteiger partial charge in [-0.1, -0.05) is 6.07 Å². The van der Waals surface area contributed by atoms with E-state index in [9.17, 15) is 4.79 Å². The molecule has 0 amide bonds. The summed E-state index contributed by atoms with van der Waals surface area (Å²) in [6, 6.07) is 10.9. The fraction of sp³-hybridized carbons (Fsp3) is 0.0714. The lowest BCUT2D eigenvalue weighted by molar-refractivity contribution is 0.0601. The van der Waals surface area contributed by atoms with E-state index < -0.39 is 0 Å². The molecule has 1 aromatic carbocycles. The van der Waals surface area contributed by atoms with Crippen LogP contribution in [0.5, 0.6) is 0 Å². The standard InChI is InChI=1S/C14H11N3O2/c1-19-14(18)9-5-6-11-10(8-9)13(17-16-11)12-4-2-3-7-15-12/h2-8H,1H3,(H,16,17). The second-order valence-electron chi connectivity index (χ2n) is 4.04. The number of carbonyl (C=O) groups is 1. The first-order chi connectivity index (χ1) is 9.29. The van der Waals surface area contributed by atoms with Crippen molar-refractivity contribution < 1.29 is 9.53 Å². The first-order valence-corrected chi connectivity index (χ1v) is 5.77. The van der Waals surface area contributed by atoms with Crippen LogP contribution in [0.15, 0.2) is 42.6 Å². The van der Waals surface area contributed by atoms with Crippen molar-refractivity contribution in [2.45, 2.75) is 0 Å². The van der Waals surface area contributed by atoms with Crippen LogP contribution in [0.1, 0.15) is 10.4 Å². The van der Waals surface area contributed by atoms with Crippen molar-refractivity contribution in [3.05, 3.63) is 48.2 Å². The van der Waals surface area contributed by atoms with E-state index in [1.54, 1.807) is 24.4 Å². The molecule has 1 N–H and O–H groups in total. The number of carbonyl (C=O) groups excluding carboxylic acids is 1. The fourth-order valence-corrected chi connectivity index (χ4v) is 1.96. The maximum absolute atomic E-state index is 11.6. The highest BCUT2D eigenvalue weighted by molar-refractivity contribution is 5.98. The monoisotopic (exact) mass is 253 g/mol. The van der Waals surface area contributed by atoms with Gasteiger partial charge in [-0.2, -0.15) is 5.10 Å². The Kier molecular flexibility index (Phi) is 2.72. The normalized spacial score (nSPS) is 10.6. The van der Waals surface area contributed by atoms with Crippen LogP contribution in [-0.4, -0.2) is 28.3 Å². The van der Waals surface area contributed by atoms with E-state index in [1.165, 1.54) is 7.11 Å². The lowest BCUT2D eigenvalue weighted by Crippen LogP contribution is -2.00.